The fourth-order valence-electron chi connectivity index (χ4n) is 2.49. The van der Waals surface area contributed by atoms with E-state index >= 15 is 0 Å². The van der Waals surface area contributed by atoms with Crippen LogP contribution in [0.1, 0.15) is 0 Å². The number of carbonyl (C=O) groups is 1. The maximum absolute atomic E-state index is 13.5. The lowest BCUT2D eigenvalue weighted by molar-refractivity contribution is -0.271. The Hall–Kier alpha value is -1.60. The zero-order chi connectivity index (χ0) is 18.3. The number of aliphatic hydroxyl groups excluding tert-OH is 3. The largest absolute Gasteiger partial charge is 0.479 e. The van der Waals surface area contributed by atoms with E-state index in [0.717, 1.165) is 0 Å². The number of nitrogens with zero attached hydrogens (tertiary/aromatic N) is 1. The van der Waals surface area contributed by atoms with Gasteiger partial charge in [-0.15, -0.1) is 0 Å². The molecule has 5 atom stereocenters. The maximum Gasteiger partial charge on any atom is 0.335 e. The Morgan fingerprint density at radius 2 is 1.84 bits per heavy atom. The SMILES string of the molecule is O=C(O)[C@H]1OC(Oc2c(I)ccc3ccc(F)nc23)[C@H](O)[C@@H](O)[C@@H]1O. The van der Waals surface area contributed by atoms with Crippen LogP contribution in [-0.2, 0) is 9.53 Å². The van der Waals surface area contributed by atoms with E-state index in [1.807, 2.05) is 22.6 Å². The normalized spacial score (nSPS) is 29.6. The Bertz CT molecular complexity index is 815. The zero-order valence-electron chi connectivity index (χ0n) is 12.4. The first-order chi connectivity index (χ1) is 11.8. The molecule has 0 spiro atoms. The van der Waals surface area contributed by atoms with E-state index in [4.69, 9.17) is 14.6 Å². The van der Waals surface area contributed by atoms with Gasteiger partial charge in [0.05, 0.1) is 3.57 Å². The first kappa shape index (κ1) is 18.2. The van der Waals surface area contributed by atoms with Crippen LogP contribution in [0.5, 0.6) is 5.75 Å². The average Bonchev–Trinajstić information content (AvgIpc) is 2.57. The quantitative estimate of drug-likeness (QED) is 0.375. The van der Waals surface area contributed by atoms with Gasteiger partial charge in [-0.25, -0.2) is 9.78 Å². The van der Waals surface area contributed by atoms with Crippen LogP contribution in [0.25, 0.3) is 10.9 Å². The van der Waals surface area contributed by atoms with Gasteiger partial charge in [-0.3, -0.25) is 0 Å². The van der Waals surface area contributed by atoms with Gasteiger partial charge >= 0.3 is 5.97 Å². The van der Waals surface area contributed by atoms with Crippen molar-refractivity contribution >= 4 is 39.5 Å². The van der Waals surface area contributed by atoms with Gasteiger partial charge in [-0.1, -0.05) is 6.07 Å². The van der Waals surface area contributed by atoms with Crippen LogP contribution in [0.2, 0.25) is 0 Å². The van der Waals surface area contributed by atoms with Crippen LogP contribution in [-0.4, -0.2) is 62.1 Å². The number of carboxylic acid groups (broad SMARTS) is 1. The molecule has 0 amide bonds. The number of aliphatic hydroxyl groups is 3. The molecule has 0 bridgehead atoms. The summed E-state index contributed by atoms with van der Waals surface area (Å²) < 4.78 is 24.6. The van der Waals surface area contributed by atoms with Gasteiger partial charge in [0.1, 0.15) is 23.8 Å². The number of hydrogen-bond donors (Lipinski definition) is 4. The summed E-state index contributed by atoms with van der Waals surface area (Å²) in [6, 6.07) is 6.00. The third-order valence-electron chi connectivity index (χ3n) is 3.78. The third kappa shape index (κ3) is 3.40. The average molecular weight is 465 g/mol. The van der Waals surface area contributed by atoms with Crippen LogP contribution < -0.4 is 4.74 Å². The van der Waals surface area contributed by atoms with Crippen molar-refractivity contribution in [2.45, 2.75) is 30.7 Å². The maximum atomic E-state index is 13.5. The number of fused-ring (bicyclic) bond motifs is 1. The first-order valence-electron chi connectivity index (χ1n) is 7.13. The second-order valence-corrected chi connectivity index (χ2v) is 6.60. The number of pyridine rings is 1. The number of ether oxygens (including phenoxy) is 2. The molecule has 2 heterocycles. The predicted octanol–water partition coefficient (Wildman–Crippen LogP) is 0.249. The summed E-state index contributed by atoms with van der Waals surface area (Å²) in [4.78, 5) is 14.9. The second-order valence-electron chi connectivity index (χ2n) is 5.44. The van der Waals surface area contributed by atoms with E-state index < -0.39 is 42.6 Å². The Morgan fingerprint density at radius 1 is 1.16 bits per heavy atom. The smallest absolute Gasteiger partial charge is 0.335 e. The highest BCUT2D eigenvalue weighted by atomic mass is 127. The molecule has 0 radical (unpaired) electrons. The minimum absolute atomic E-state index is 0.0642. The van der Waals surface area contributed by atoms with Crippen molar-refractivity contribution in [2.24, 2.45) is 0 Å². The molecule has 3 rings (SSSR count). The van der Waals surface area contributed by atoms with Crippen LogP contribution in [0.3, 0.4) is 0 Å². The molecular formula is C15H13FINO7. The monoisotopic (exact) mass is 465 g/mol. The molecule has 8 nitrogen and oxygen atoms in total. The van der Waals surface area contributed by atoms with Crippen molar-refractivity contribution in [1.82, 2.24) is 4.98 Å². The summed E-state index contributed by atoms with van der Waals surface area (Å²) in [5.41, 5.74) is 0.148. The van der Waals surface area contributed by atoms with E-state index in [0.29, 0.717) is 8.96 Å². The topological polar surface area (TPSA) is 129 Å². The van der Waals surface area contributed by atoms with Crippen LogP contribution in [0, 0.1) is 9.52 Å². The van der Waals surface area contributed by atoms with Gasteiger partial charge in [0, 0.05) is 5.39 Å². The molecule has 2 aromatic rings. The van der Waals surface area contributed by atoms with Gasteiger partial charge < -0.3 is 29.9 Å². The molecule has 1 aliphatic rings. The summed E-state index contributed by atoms with van der Waals surface area (Å²) in [5, 5.41) is 39.2. The van der Waals surface area contributed by atoms with Gasteiger partial charge in [0.2, 0.25) is 12.2 Å². The fraction of sp³-hybridized carbons (Fsp3) is 0.333. The Kier molecular flexibility index (Phi) is 5.06. The number of hydrogen-bond acceptors (Lipinski definition) is 7. The molecule has 1 aromatic carbocycles. The minimum Gasteiger partial charge on any atom is -0.479 e. The first-order valence-corrected chi connectivity index (χ1v) is 8.21. The number of aliphatic carboxylic acids is 1. The predicted molar refractivity (Wildman–Crippen MR) is 89.4 cm³/mol. The lowest BCUT2D eigenvalue weighted by Gasteiger charge is -2.38. The highest BCUT2D eigenvalue weighted by Gasteiger charge is 2.48. The summed E-state index contributed by atoms with van der Waals surface area (Å²) in [6.07, 6.45) is -8.72. The van der Waals surface area contributed by atoms with Crippen molar-refractivity contribution in [3.8, 4) is 5.75 Å². The molecule has 25 heavy (non-hydrogen) atoms. The standard InChI is InChI=1S/C15H13FINO7/c16-7-4-2-5-1-3-6(17)12(8(5)18-7)24-15-11(21)9(19)10(20)13(25-15)14(22)23/h1-4,9-11,13,15,19-21H,(H,22,23)/t9-,10-,11+,13-,15?/m0/s1. The van der Waals surface area contributed by atoms with Crippen molar-refractivity contribution in [1.29, 1.82) is 0 Å². The molecule has 134 valence electrons. The molecule has 1 unspecified atom stereocenters. The number of carboxylic acids is 1. The molecule has 1 saturated heterocycles. The van der Waals surface area contributed by atoms with Gasteiger partial charge in [-0.05, 0) is 40.8 Å². The third-order valence-corrected chi connectivity index (χ3v) is 4.63. The molecule has 0 saturated carbocycles. The van der Waals surface area contributed by atoms with Crippen molar-refractivity contribution in [3.05, 3.63) is 33.8 Å². The van der Waals surface area contributed by atoms with E-state index in [2.05, 4.69) is 4.98 Å². The Labute approximate surface area is 154 Å². The number of rotatable bonds is 3. The van der Waals surface area contributed by atoms with Crippen molar-refractivity contribution in [3.63, 3.8) is 0 Å². The molecule has 10 heteroatoms. The lowest BCUT2D eigenvalue weighted by atomic mass is 9.99. The fourth-order valence-corrected chi connectivity index (χ4v) is 3.05. The molecular weight excluding hydrogens is 452 g/mol. The summed E-state index contributed by atoms with van der Waals surface area (Å²) >= 11 is 1.90. The number of benzene rings is 1. The van der Waals surface area contributed by atoms with E-state index in [1.54, 1.807) is 12.1 Å². The highest BCUT2D eigenvalue weighted by molar-refractivity contribution is 14.1. The van der Waals surface area contributed by atoms with Crippen molar-refractivity contribution < 1.29 is 39.1 Å². The Morgan fingerprint density at radius 3 is 2.52 bits per heavy atom. The van der Waals surface area contributed by atoms with Crippen LogP contribution in [0.15, 0.2) is 24.3 Å². The molecule has 1 fully saturated rings. The van der Waals surface area contributed by atoms with Gasteiger partial charge in [0.25, 0.3) is 0 Å². The molecule has 1 aromatic heterocycles. The molecule has 1 aliphatic heterocycles. The number of aromatic nitrogens is 1. The molecule has 4 N–H and O–H groups in total. The zero-order valence-corrected chi connectivity index (χ0v) is 14.6. The second kappa shape index (κ2) is 6.96. The van der Waals surface area contributed by atoms with Crippen LogP contribution in [0.4, 0.5) is 4.39 Å². The van der Waals surface area contributed by atoms with E-state index in [1.165, 1.54) is 12.1 Å². The lowest BCUT2D eigenvalue weighted by Crippen LogP contribution is -2.61. The van der Waals surface area contributed by atoms with Crippen molar-refractivity contribution in [2.75, 3.05) is 0 Å². The van der Waals surface area contributed by atoms with Crippen LogP contribution >= 0.6 is 22.6 Å². The summed E-state index contributed by atoms with van der Waals surface area (Å²) in [6.45, 7) is 0. The summed E-state index contributed by atoms with van der Waals surface area (Å²) in [7, 11) is 0. The highest BCUT2D eigenvalue weighted by Crippen LogP contribution is 2.33. The van der Waals surface area contributed by atoms with Gasteiger partial charge in [-0.2, -0.15) is 4.39 Å². The van der Waals surface area contributed by atoms with E-state index in [9.17, 15) is 24.5 Å². The molecule has 0 aliphatic carbocycles. The van der Waals surface area contributed by atoms with E-state index in [-0.39, 0.29) is 11.3 Å². The van der Waals surface area contributed by atoms with Gasteiger partial charge in [0.15, 0.2) is 11.9 Å². The summed E-state index contributed by atoms with van der Waals surface area (Å²) in [5.74, 6) is -2.21. The minimum atomic E-state index is -1.82. The Balaban J connectivity index is 1.98. The number of halogens is 2.